The summed E-state index contributed by atoms with van der Waals surface area (Å²) in [6, 6.07) is 0. The SMILES string of the molecule is O=C(O)c1nn(CCO)c2c1CCSC2. The summed E-state index contributed by atoms with van der Waals surface area (Å²) < 4.78 is 1.62. The minimum atomic E-state index is -0.977. The largest absolute Gasteiger partial charge is 0.476 e. The number of aromatic nitrogens is 2. The normalized spacial score (nSPS) is 15.0. The summed E-state index contributed by atoms with van der Waals surface area (Å²) in [6.07, 6.45) is 0.757. The molecule has 0 bridgehead atoms. The number of aliphatic hydroxyl groups is 1. The highest BCUT2D eigenvalue weighted by Gasteiger charge is 2.24. The van der Waals surface area contributed by atoms with E-state index >= 15 is 0 Å². The Bertz CT molecular complexity index is 389. The Morgan fingerprint density at radius 1 is 1.60 bits per heavy atom. The number of hydrogen-bond donors (Lipinski definition) is 2. The predicted molar refractivity (Wildman–Crippen MR) is 56.1 cm³/mol. The number of aliphatic hydroxyl groups excluding tert-OH is 1. The maximum absolute atomic E-state index is 10.9. The van der Waals surface area contributed by atoms with E-state index in [9.17, 15) is 4.79 Å². The van der Waals surface area contributed by atoms with Crippen LogP contribution in [0.2, 0.25) is 0 Å². The molecule has 2 N–H and O–H groups in total. The van der Waals surface area contributed by atoms with Gasteiger partial charge >= 0.3 is 5.97 Å². The van der Waals surface area contributed by atoms with Crippen molar-refractivity contribution in [3.63, 3.8) is 0 Å². The number of carbonyl (C=O) groups is 1. The molecule has 82 valence electrons. The highest BCUT2D eigenvalue weighted by molar-refractivity contribution is 7.98. The summed E-state index contributed by atoms with van der Waals surface area (Å²) >= 11 is 1.77. The van der Waals surface area contributed by atoms with Gasteiger partial charge < -0.3 is 10.2 Å². The smallest absolute Gasteiger partial charge is 0.356 e. The summed E-state index contributed by atoms with van der Waals surface area (Å²) in [5.74, 6) is 0.753. The Morgan fingerprint density at radius 3 is 3.07 bits per heavy atom. The Kier molecular flexibility index (Phi) is 2.97. The molecule has 0 atom stereocenters. The van der Waals surface area contributed by atoms with E-state index in [0.29, 0.717) is 6.54 Å². The van der Waals surface area contributed by atoms with Crippen LogP contribution in [0.3, 0.4) is 0 Å². The second kappa shape index (κ2) is 4.24. The lowest BCUT2D eigenvalue weighted by Crippen LogP contribution is -2.10. The average molecular weight is 228 g/mol. The molecule has 2 rings (SSSR count). The van der Waals surface area contributed by atoms with Crippen LogP contribution < -0.4 is 0 Å². The van der Waals surface area contributed by atoms with Crippen molar-refractivity contribution < 1.29 is 15.0 Å². The van der Waals surface area contributed by atoms with Crippen LogP contribution in [0.4, 0.5) is 0 Å². The fourth-order valence-electron chi connectivity index (χ4n) is 1.75. The zero-order chi connectivity index (χ0) is 10.8. The first-order valence-corrected chi connectivity index (χ1v) is 5.90. The molecule has 1 aromatic rings. The molecular formula is C9H12N2O3S. The van der Waals surface area contributed by atoms with Crippen molar-refractivity contribution in [3.05, 3.63) is 17.0 Å². The van der Waals surface area contributed by atoms with Crippen LogP contribution in [0.15, 0.2) is 0 Å². The molecule has 0 aromatic carbocycles. The number of hydrogen-bond acceptors (Lipinski definition) is 4. The van der Waals surface area contributed by atoms with Gasteiger partial charge in [-0.25, -0.2) is 4.79 Å². The zero-order valence-electron chi connectivity index (χ0n) is 8.14. The van der Waals surface area contributed by atoms with E-state index in [-0.39, 0.29) is 12.3 Å². The quantitative estimate of drug-likeness (QED) is 0.781. The van der Waals surface area contributed by atoms with Gasteiger partial charge in [-0.05, 0) is 12.2 Å². The predicted octanol–water partition coefficient (Wildman–Crippen LogP) is 0.363. The first-order valence-electron chi connectivity index (χ1n) is 4.74. The number of carboxylic acids is 1. The lowest BCUT2D eigenvalue weighted by molar-refractivity contribution is 0.0688. The van der Waals surface area contributed by atoms with E-state index in [1.165, 1.54) is 0 Å². The minimum absolute atomic E-state index is 0.0160. The Morgan fingerprint density at radius 2 is 2.40 bits per heavy atom. The maximum atomic E-state index is 10.9. The molecule has 0 amide bonds. The third-order valence-electron chi connectivity index (χ3n) is 2.42. The molecule has 0 radical (unpaired) electrons. The number of fused-ring (bicyclic) bond motifs is 1. The van der Waals surface area contributed by atoms with Crippen LogP contribution in [0, 0.1) is 0 Å². The second-order valence-electron chi connectivity index (χ2n) is 3.33. The topological polar surface area (TPSA) is 75.3 Å². The lowest BCUT2D eigenvalue weighted by Gasteiger charge is -2.12. The number of carboxylic acid groups (broad SMARTS) is 1. The molecule has 1 aliphatic rings. The summed E-state index contributed by atoms with van der Waals surface area (Å²) in [4.78, 5) is 10.9. The highest BCUT2D eigenvalue weighted by atomic mass is 32.2. The number of nitrogens with zero attached hydrogens (tertiary/aromatic N) is 2. The summed E-state index contributed by atoms with van der Waals surface area (Å²) in [5.41, 5.74) is 1.95. The van der Waals surface area contributed by atoms with Gasteiger partial charge in [0, 0.05) is 11.3 Å². The third-order valence-corrected chi connectivity index (χ3v) is 3.39. The van der Waals surface area contributed by atoms with E-state index in [1.54, 1.807) is 16.4 Å². The van der Waals surface area contributed by atoms with Crippen molar-refractivity contribution in [1.29, 1.82) is 0 Å². The lowest BCUT2D eigenvalue weighted by atomic mass is 10.1. The van der Waals surface area contributed by atoms with Gasteiger partial charge in [0.25, 0.3) is 0 Å². The Balaban J connectivity index is 2.44. The van der Waals surface area contributed by atoms with Gasteiger partial charge in [0.15, 0.2) is 5.69 Å². The molecule has 1 aromatic heterocycles. The van der Waals surface area contributed by atoms with E-state index in [0.717, 1.165) is 29.2 Å². The van der Waals surface area contributed by atoms with E-state index in [1.807, 2.05) is 0 Å². The van der Waals surface area contributed by atoms with Gasteiger partial charge in [0.2, 0.25) is 0 Å². The fourth-order valence-corrected chi connectivity index (χ4v) is 2.76. The van der Waals surface area contributed by atoms with Crippen LogP contribution in [0.1, 0.15) is 21.7 Å². The van der Waals surface area contributed by atoms with E-state index < -0.39 is 5.97 Å². The first kappa shape index (κ1) is 10.5. The maximum Gasteiger partial charge on any atom is 0.356 e. The zero-order valence-corrected chi connectivity index (χ0v) is 8.96. The van der Waals surface area contributed by atoms with Crippen molar-refractivity contribution in [2.45, 2.75) is 18.7 Å². The van der Waals surface area contributed by atoms with Crippen LogP contribution in [-0.2, 0) is 18.7 Å². The number of aromatic carboxylic acids is 1. The molecule has 0 saturated heterocycles. The molecule has 1 aliphatic heterocycles. The summed E-state index contributed by atoms with van der Waals surface area (Å²) in [7, 11) is 0. The van der Waals surface area contributed by atoms with Crippen LogP contribution in [0.25, 0.3) is 0 Å². The Hall–Kier alpha value is -1.01. The molecule has 0 spiro atoms. The van der Waals surface area contributed by atoms with Crippen molar-refractivity contribution in [1.82, 2.24) is 9.78 Å². The van der Waals surface area contributed by atoms with E-state index in [4.69, 9.17) is 10.2 Å². The van der Waals surface area contributed by atoms with Crippen LogP contribution in [0.5, 0.6) is 0 Å². The molecule has 0 aliphatic carbocycles. The van der Waals surface area contributed by atoms with Crippen molar-refractivity contribution in [2.75, 3.05) is 12.4 Å². The second-order valence-corrected chi connectivity index (χ2v) is 4.43. The van der Waals surface area contributed by atoms with Gasteiger partial charge in [-0.15, -0.1) is 0 Å². The molecule has 0 saturated carbocycles. The van der Waals surface area contributed by atoms with Gasteiger partial charge in [-0.2, -0.15) is 16.9 Å². The van der Waals surface area contributed by atoms with Crippen molar-refractivity contribution in [2.24, 2.45) is 0 Å². The molecular weight excluding hydrogens is 216 g/mol. The molecule has 2 heterocycles. The third kappa shape index (κ3) is 1.87. The molecule has 15 heavy (non-hydrogen) atoms. The van der Waals surface area contributed by atoms with Crippen LogP contribution in [-0.4, -0.2) is 38.3 Å². The van der Waals surface area contributed by atoms with Gasteiger partial charge in [-0.3, -0.25) is 4.68 Å². The van der Waals surface area contributed by atoms with E-state index in [2.05, 4.69) is 5.10 Å². The highest BCUT2D eigenvalue weighted by Crippen LogP contribution is 2.27. The van der Waals surface area contributed by atoms with Crippen molar-refractivity contribution in [3.8, 4) is 0 Å². The number of rotatable bonds is 3. The summed E-state index contributed by atoms with van der Waals surface area (Å²) in [6.45, 7) is 0.355. The van der Waals surface area contributed by atoms with Gasteiger partial charge in [0.1, 0.15) is 0 Å². The van der Waals surface area contributed by atoms with Gasteiger partial charge in [-0.1, -0.05) is 0 Å². The first-order chi connectivity index (χ1) is 7.24. The average Bonchev–Trinajstić information content (AvgIpc) is 2.59. The minimum Gasteiger partial charge on any atom is -0.476 e. The fraction of sp³-hybridized carbons (Fsp3) is 0.556. The molecule has 6 heteroatoms. The monoisotopic (exact) mass is 228 g/mol. The standard InChI is InChI=1S/C9H12N2O3S/c12-3-2-11-7-5-15-4-1-6(7)8(10-11)9(13)14/h12H,1-5H2,(H,13,14). The summed E-state index contributed by atoms with van der Waals surface area (Å²) in [5, 5.41) is 21.9. The van der Waals surface area contributed by atoms with Crippen LogP contribution >= 0.6 is 11.8 Å². The van der Waals surface area contributed by atoms with Gasteiger partial charge in [0.05, 0.1) is 18.8 Å². The van der Waals surface area contributed by atoms with Crippen molar-refractivity contribution >= 4 is 17.7 Å². The Labute approximate surface area is 91.1 Å². The molecule has 0 unspecified atom stereocenters. The molecule has 0 fully saturated rings. The molecule has 5 nitrogen and oxygen atoms in total. The number of thioether (sulfide) groups is 1.